The van der Waals surface area contributed by atoms with E-state index in [2.05, 4.69) is 49.0 Å². The molecule has 40 heavy (non-hydrogen) atoms. The quantitative estimate of drug-likeness (QED) is 0.143. The van der Waals surface area contributed by atoms with Crippen LogP contribution < -0.4 is 5.32 Å². The van der Waals surface area contributed by atoms with E-state index < -0.39 is 5.97 Å². The second-order valence-electron chi connectivity index (χ2n) is 8.53. The maximum atomic E-state index is 11.7. The number of aliphatic imine (C=N–C) groups is 1. The highest BCUT2D eigenvalue weighted by Gasteiger charge is 2.19. The first-order chi connectivity index (χ1) is 19.6. The molecule has 0 saturated carbocycles. The fraction of sp³-hybridized carbons (Fsp3) is 0.100. The lowest BCUT2D eigenvalue weighted by molar-refractivity contribution is 0.0545. The summed E-state index contributed by atoms with van der Waals surface area (Å²) in [5.74, 6) is 0.296. The molecule has 0 atom stereocenters. The van der Waals surface area contributed by atoms with Gasteiger partial charge in [0, 0.05) is 23.5 Å². The van der Waals surface area contributed by atoms with E-state index in [0.29, 0.717) is 29.3 Å². The predicted molar refractivity (Wildman–Crippen MR) is 154 cm³/mol. The number of carbonyl (C=O) groups excluding carboxylic acids is 1. The molecule has 2 aromatic carbocycles. The Kier molecular flexibility index (Phi) is 7.77. The Balaban J connectivity index is 1.62. The molecule has 0 radical (unpaired) electrons. The Morgan fingerprint density at radius 1 is 1.02 bits per heavy atom. The number of hydrogen-bond acceptors (Lipinski definition) is 10. The van der Waals surface area contributed by atoms with Crippen LogP contribution in [0.25, 0.3) is 44.8 Å². The number of benzene rings is 2. The zero-order valence-electron chi connectivity index (χ0n) is 21.9. The summed E-state index contributed by atoms with van der Waals surface area (Å²) in [5, 5.41) is 8.19. The molecule has 5 rings (SSSR count). The fourth-order valence-electron chi connectivity index (χ4n) is 4.04. The Labute approximate surface area is 230 Å². The minimum Gasteiger partial charge on any atom is -0.462 e. The molecule has 0 fully saturated rings. The van der Waals surface area contributed by atoms with Crippen molar-refractivity contribution in [1.29, 1.82) is 0 Å². The number of pyridine rings is 1. The molecule has 198 valence electrons. The highest BCUT2D eigenvalue weighted by Crippen LogP contribution is 2.34. The van der Waals surface area contributed by atoms with Crippen LogP contribution in [0.1, 0.15) is 17.6 Å². The number of ether oxygens (including phenoxy) is 1. The van der Waals surface area contributed by atoms with E-state index in [-0.39, 0.29) is 11.7 Å². The van der Waals surface area contributed by atoms with Gasteiger partial charge in [-0.15, -0.1) is 0 Å². The molecule has 0 spiro atoms. The van der Waals surface area contributed by atoms with Gasteiger partial charge in [-0.2, -0.15) is 4.98 Å². The number of carbonyl (C=O) groups is 1. The highest BCUT2D eigenvalue weighted by atomic mass is 16.6. The molecular formula is C30H25N7O3. The molecule has 0 aliphatic carbocycles. The topological polar surface area (TPSA) is 128 Å². The minimum atomic E-state index is -0.720. The van der Waals surface area contributed by atoms with Crippen molar-refractivity contribution in [2.75, 3.05) is 19.0 Å². The summed E-state index contributed by atoms with van der Waals surface area (Å²) in [5.41, 5.74) is 4.69. The van der Waals surface area contributed by atoms with E-state index in [1.807, 2.05) is 61.5 Å². The predicted octanol–water partition coefficient (Wildman–Crippen LogP) is 5.77. The third-order valence-electron chi connectivity index (χ3n) is 5.97. The first kappa shape index (κ1) is 26.1. The average molecular weight is 532 g/mol. The number of rotatable bonds is 9. The summed E-state index contributed by atoms with van der Waals surface area (Å²) >= 11 is 0. The number of methoxy groups -OCH3 is 1. The smallest absolute Gasteiger partial charge is 0.397 e. The van der Waals surface area contributed by atoms with Gasteiger partial charge in [0.25, 0.3) is 0 Å². The summed E-state index contributed by atoms with van der Waals surface area (Å²) in [6.07, 6.45) is 8.94. The van der Waals surface area contributed by atoms with Crippen LogP contribution in [-0.2, 0) is 4.74 Å². The van der Waals surface area contributed by atoms with Gasteiger partial charge in [-0.25, -0.2) is 14.8 Å². The van der Waals surface area contributed by atoms with Crippen LogP contribution in [0, 0.1) is 0 Å². The second-order valence-corrected chi connectivity index (χ2v) is 8.53. The van der Waals surface area contributed by atoms with Crippen LogP contribution in [0.3, 0.4) is 0 Å². The molecule has 10 nitrogen and oxygen atoms in total. The number of hydrogen-bond donors (Lipinski definition) is 1. The SMILES string of the molecule is C=N/C(=C\C=C/C)CNc1nc(-c2cncc(-c3noc(C(=O)OC)n3)c2)nc2cccc(-c3ccccc3)c12. The average Bonchev–Trinajstić information content (AvgIpc) is 3.51. The van der Waals surface area contributed by atoms with Crippen molar-refractivity contribution in [3.8, 4) is 33.9 Å². The van der Waals surface area contributed by atoms with Gasteiger partial charge in [0.1, 0.15) is 5.82 Å². The first-order valence-corrected chi connectivity index (χ1v) is 12.4. The molecule has 0 amide bonds. The molecule has 0 unspecified atom stereocenters. The van der Waals surface area contributed by atoms with E-state index in [1.165, 1.54) is 7.11 Å². The number of anilines is 1. The van der Waals surface area contributed by atoms with Crippen molar-refractivity contribution >= 4 is 29.4 Å². The molecular weight excluding hydrogens is 506 g/mol. The lowest BCUT2D eigenvalue weighted by Crippen LogP contribution is -2.08. The van der Waals surface area contributed by atoms with Gasteiger partial charge < -0.3 is 14.6 Å². The van der Waals surface area contributed by atoms with Crippen molar-refractivity contribution in [3.05, 3.63) is 96.8 Å². The summed E-state index contributed by atoms with van der Waals surface area (Å²) < 4.78 is 9.66. The fourth-order valence-corrected chi connectivity index (χ4v) is 4.04. The number of nitrogens with one attached hydrogen (secondary N) is 1. The highest BCUT2D eigenvalue weighted by molar-refractivity contribution is 6.02. The van der Waals surface area contributed by atoms with Crippen molar-refractivity contribution in [3.63, 3.8) is 0 Å². The molecule has 0 bridgehead atoms. The summed E-state index contributed by atoms with van der Waals surface area (Å²) in [7, 11) is 1.24. The first-order valence-electron chi connectivity index (χ1n) is 12.4. The van der Waals surface area contributed by atoms with Crippen molar-refractivity contribution in [1.82, 2.24) is 25.1 Å². The van der Waals surface area contributed by atoms with Gasteiger partial charge in [-0.3, -0.25) is 9.98 Å². The third kappa shape index (κ3) is 5.51. The van der Waals surface area contributed by atoms with E-state index in [0.717, 1.165) is 27.7 Å². The molecule has 0 aliphatic heterocycles. The van der Waals surface area contributed by atoms with Crippen molar-refractivity contribution < 1.29 is 14.1 Å². The van der Waals surface area contributed by atoms with Gasteiger partial charge in [0.2, 0.25) is 5.82 Å². The van der Waals surface area contributed by atoms with Gasteiger partial charge in [0.15, 0.2) is 5.82 Å². The molecule has 3 heterocycles. The minimum absolute atomic E-state index is 0.191. The molecule has 1 N–H and O–H groups in total. The lowest BCUT2D eigenvalue weighted by Gasteiger charge is -2.14. The maximum Gasteiger partial charge on any atom is 0.397 e. The van der Waals surface area contributed by atoms with Crippen LogP contribution in [0.2, 0.25) is 0 Å². The van der Waals surface area contributed by atoms with E-state index in [1.54, 1.807) is 18.5 Å². The van der Waals surface area contributed by atoms with Gasteiger partial charge in [-0.05, 0) is 43.0 Å². The molecule has 0 saturated heterocycles. The Hall–Kier alpha value is -5.51. The molecule has 3 aromatic heterocycles. The van der Waals surface area contributed by atoms with Crippen molar-refractivity contribution in [2.24, 2.45) is 4.99 Å². The zero-order chi connectivity index (χ0) is 27.9. The number of nitrogens with zero attached hydrogens (tertiary/aromatic N) is 6. The number of fused-ring (bicyclic) bond motifs is 1. The Bertz CT molecular complexity index is 1740. The third-order valence-corrected chi connectivity index (χ3v) is 5.97. The van der Waals surface area contributed by atoms with E-state index in [4.69, 9.17) is 14.5 Å². The van der Waals surface area contributed by atoms with Crippen LogP contribution >= 0.6 is 0 Å². The normalized spacial score (nSPS) is 11.6. The summed E-state index contributed by atoms with van der Waals surface area (Å²) in [6, 6.07) is 17.8. The Morgan fingerprint density at radius 2 is 1.82 bits per heavy atom. The number of aromatic nitrogens is 5. The summed E-state index contributed by atoms with van der Waals surface area (Å²) in [4.78, 5) is 34.1. The zero-order valence-corrected chi connectivity index (χ0v) is 21.9. The largest absolute Gasteiger partial charge is 0.462 e. The maximum absolute atomic E-state index is 11.7. The standard InChI is InChI=1S/C30H25N7O3/c1-4-5-12-22(31-2)18-33-28-25-23(19-10-7-6-8-11-19)13-9-14-24(25)34-26(35-28)20-15-21(17-32-16-20)27-36-29(40-37-27)30(38)39-3/h4-17H,2,18H2,1,3H3,(H,33,34,35)/b5-4-,22-12-. The van der Waals surface area contributed by atoms with Crippen molar-refractivity contribution in [2.45, 2.75) is 6.92 Å². The van der Waals surface area contributed by atoms with Crippen LogP contribution in [-0.4, -0.2) is 51.4 Å². The van der Waals surface area contributed by atoms with Crippen LogP contribution in [0.5, 0.6) is 0 Å². The van der Waals surface area contributed by atoms with Crippen LogP contribution in [0.15, 0.2) is 100 Å². The van der Waals surface area contributed by atoms with E-state index >= 15 is 0 Å². The number of esters is 1. The summed E-state index contributed by atoms with van der Waals surface area (Å²) in [6.45, 7) is 6.03. The van der Waals surface area contributed by atoms with E-state index in [9.17, 15) is 4.79 Å². The molecule has 0 aliphatic rings. The lowest BCUT2D eigenvalue weighted by atomic mass is 10.0. The molecule has 5 aromatic rings. The monoisotopic (exact) mass is 531 g/mol. The van der Waals surface area contributed by atoms with Gasteiger partial charge >= 0.3 is 11.9 Å². The second kappa shape index (κ2) is 11.9. The molecule has 10 heteroatoms. The number of allylic oxidation sites excluding steroid dienone is 3. The van der Waals surface area contributed by atoms with Crippen LogP contribution in [0.4, 0.5) is 5.82 Å². The van der Waals surface area contributed by atoms with Gasteiger partial charge in [0.05, 0.1) is 30.3 Å². The Morgan fingerprint density at radius 3 is 2.58 bits per heavy atom. The van der Waals surface area contributed by atoms with Gasteiger partial charge in [-0.1, -0.05) is 59.8 Å².